The van der Waals surface area contributed by atoms with Crippen molar-refractivity contribution in [2.24, 2.45) is 5.73 Å². The maximum absolute atomic E-state index is 11.8. The second kappa shape index (κ2) is 11.0. The summed E-state index contributed by atoms with van der Waals surface area (Å²) < 4.78 is 5.36. The molecule has 1 amide bonds. The van der Waals surface area contributed by atoms with E-state index < -0.39 is 0 Å². The number of ether oxygens (including phenoxy) is 1. The van der Waals surface area contributed by atoms with Crippen LogP contribution in [0.5, 0.6) is 5.75 Å². The van der Waals surface area contributed by atoms with E-state index in [-0.39, 0.29) is 31.0 Å². The van der Waals surface area contributed by atoms with Crippen LogP contribution >= 0.6 is 35.6 Å². The highest BCUT2D eigenvalue weighted by molar-refractivity contribution is 6.35. The number of carbonyl (C=O) groups excluding carboxylic acids is 1. The number of nitrogens with one attached hydrogen (secondary N) is 1. The summed E-state index contributed by atoms with van der Waals surface area (Å²) in [7, 11) is 0. The van der Waals surface area contributed by atoms with Crippen LogP contribution in [0.1, 0.15) is 26.2 Å². The molecule has 1 aromatic carbocycles. The zero-order valence-corrected chi connectivity index (χ0v) is 14.2. The number of rotatable bonds is 8. The average Bonchev–Trinajstić information content (AvgIpc) is 2.42. The summed E-state index contributed by atoms with van der Waals surface area (Å²) in [5.41, 5.74) is 5.62. The highest BCUT2D eigenvalue weighted by atomic mass is 35.5. The van der Waals surface area contributed by atoms with Crippen molar-refractivity contribution in [2.75, 3.05) is 13.2 Å². The predicted molar refractivity (Wildman–Crippen MR) is 89.7 cm³/mol. The molecule has 0 bridgehead atoms. The fraction of sp³-hybridized carbons (Fsp3) is 0.500. The Morgan fingerprint density at radius 1 is 1.43 bits per heavy atom. The smallest absolute Gasteiger partial charge is 0.258 e. The van der Waals surface area contributed by atoms with Crippen LogP contribution in [0, 0.1) is 0 Å². The van der Waals surface area contributed by atoms with E-state index in [0.29, 0.717) is 22.3 Å². The molecule has 1 atom stereocenters. The van der Waals surface area contributed by atoms with Crippen LogP contribution in [0.2, 0.25) is 10.0 Å². The Morgan fingerprint density at radius 2 is 2.14 bits per heavy atom. The molecular formula is C14H21Cl3N2O2. The molecule has 1 aromatic rings. The number of hydrogen-bond donors (Lipinski definition) is 2. The molecule has 0 radical (unpaired) electrons. The Morgan fingerprint density at radius 3 is 2.71 bits per heavy atom. The first kappa shape index (κ1) is 20.3. The predicted octanol–water partition coefficient (Wildman–Crippen LogP) is 3.43. The molecule has 0 saturated carbocycles. The van der Waals surface area contributed by atoms with Crippen molar-refractivity contribution in [1.29, 1.82) is 0 Å². The second-order valence-electron chi connectivity index (χ2n) is 4.51. The van der Waals surface area contributed by atoms with Gasteiger partial charge in [0.05, 0.1) is 5.02 Å². The summed E-state index contributed by atoms with van der Waals surface area (Å²) in [6.07, 6.45) is 2.98. The minimum atomic E-state index is -0.206. The maximum atomic E-state index is 11.8. The quantitative estimate of drug-likeness (QED) is 0.751. The molecule has 0 spiro atoms. The van der Waals surface area contributed by atoms with Crippen LogP contribution in [0.4, 0.5) is 0 Å². The molecule has 0 fully saturated rings. The molecule has 0 aliphatic heterocycles. The van der Waals surface area contributed by atoms with E-state index in [1.807, 2.05) is 0 Å². The molecule has 4 nitrogen and oxygen atoms in total. The van der Waals surface area contributed by atoms with Gasteiger partial charge in [-0.05, 0) is 24.6 Å². The van der Waals surface area contributed by atoms with Crippen LogP contribution in [0.25, 0.3) is 0 Å². The minimum absolute atomic E-state index is 0. The van der Waals surface area contributed by atoms with Crippen molar-refractivity contribution >= 4 is 41.5 Å². The fourth-order valence-electron chi connectivity index (χ4n) is 1.70. The van der Waals surface area contributed by atoms with Gasteiger partial charge in [0, 0.05) is 17.6 Å². The molecule has 1 rings (SSSR count). The molecule has 7 heteroatoms. The zero-order valence-electron chi connectivity index (χ0n) is 11.9. The summed E-state index contributed by atoms with van der Waals surface area (Å²) in [6.45, 7) is 2.43. The van der Waals surface area contributed by atoms with Crippen LogP contribution in [0.15, 0.2) is 18.2 Å². The lowest BCUT2D eigenvalue weighted by Crippen LogP contribution is -2.42. The molecule has 1 unspecified atom stereocenters. The molecule has 0 aromatic heterocycles. The van der Waals surface area contributed by atoms with Crippen LogP contribution in [-0.4, -0.2) is 25.1 Å². The Labute approximate surface area is 141 Å². The van der Waals surface area contributed by atoms with E-state index in [2.05, 4.69) is 12.2 Å². The van der Waals surface area contributed by atoms with Crippen LogP contribution in [0.3, 0.4) is 0 Å². The topological polar surface area (TPSA) is 64.3 Å². The summed E-state index contributed by atoms with van der Waals surface area (Å²) in [5.74, 6) is 0.228. The first-order chi connectivity index (χ1) is 9.56. The number of unbranched alkanes of at least 4 members (excludes halogenated alkanes) is 1. The highest BCUT2D eigenvalue weighted by Crippen LogP contribution is 2.27. The van der Waals surface area contributed by atoms with Crippen molar-refractivity contribution in [2.45, 2.75) is 32.2 Å². The van der Waals surface area contributed by atoms with Gasteiger partial charge in [-0.1, -0.05) is 43.0 Å². The lowest BCUT2D eigenvalue weighted by atomic mass is 10.1. The van der Waals surface area contributed by atoms with Crippen molar-refractivity contribution in [3.63, 3.8) is 0 Å². The fourth-order valence-corrected chi connectivity index (χ4v) is 2.17. The first-order valence-corrected chi connectivity index (χ1v) is 7.39. The highest BCUT2D eigenvalue weighted by Gasteiger charge is 2.11. The maximum Gasteiger partial charge on any atom is 0.258 e. The Kier molecular flexibility index (Phi) is 10.6. The minimum Gasteiger partial charge on any atom is -0.482 e. The van der Waals surface area contributed by atoms with Crippen LogP contribution in [-0.2, 0) is 4.79 Å². The van der Waals surface area contributed by atoms with Gasteiger partial charge in [0.1, 0.15) is 5.75 Å². The lowest BCUT2D eigenvalue weighted by molar-refractivity contribution is -0.123. The first-order valence-electron chi connectivity index (χ1n) is 6.64. The van der Waals surface area contributed by atoms with Gasteiger partial charge < -0.3 is 15.8 Å². The zero-order chi connectivity index (χ0) is 15.0. The van der Waals surface area contributed by atoms with E-state index in [1.54, 1.807) is 18.2 Å². The molecule has 0 aliphatic rings. The average molecular weight is 356 g/mol. The van der Waals surface area contributed by atoms with E-state index in [1.165, 1.54) is 0 Å². The normalized spacial score (nSPS) is 11.4. The van der Waals surface area contributed by atoms with Gasteiger partial charge in [0.2, 0.25) is 0 Å². The number of amides is 1. The van der Waals surface area contributed by atoms with Crippen molar-refractivity contribution in [3.8, 4) is 5.75 Å². The Balaban J connectivity index is 0.00000400. The van der Waals surface area contributed by atoms with Gasteiger partial charge in [0.25, 0.3) is 5.91 Å². The van der Waals surface area contributed by atoms with Crippen molar-refractivity contribution in [1.82, 2.24) is 5.32 Å². The third-order valence-electron chi connectivity index (χ3n) is 2.81. The monoisotopic (exact) mass is 354 g/mol. The third kappa shape index (κ3) is 7.77. The Bertz CT molecular complexity index is 444. The third-order valence-corrected chi connectivity index (χ3v) is 3.34. The summed E-state index contributed by atoms with van der Waals surface area (Å²) in [6, 6.07) is 4.85. The number of halogens is 3. The second-order valence-corrected chi connectivity index (χ2v) is 5.35. The van der Waals surface area contributed by atoms with Gasteiger partial charge in [0.15, 0.2) is 6.61 Å². The van der Waals surface area contributed by atoms with E-state index in [0.717, 1.165) is 19.3 Å². The molecular weight excluding hydrogens is 335 g/mol. The van der Waals surface area contributed by atoms with E-state index in [9.17, 15) is 4.79 Å². The van der Waals surface area contributed by atoms with Crippen LogP contribution < -0.4 is 15.8 Å². The molecule has 3 N–H and O–H groups in total. The number of nitrogens with two attached hydrogens (primary N) is 1. The largest absolute Gasteiger partial charge is 0.482 e. The SMILES string of the molecule is CCCCC(CN)NC(=O)COc1ccc(Cl)cc1Cl.Cl. The summed E-state index contributed by atoms with van der Waals surface area (Å²) in [5, 5.41) is 3.75. The summed E-state index contributed by atoms with van der Waals surface area (Å²) in [4.78, 5) is 11.8. The number of benzene rings is 1. The molecule has 0 saturated heterocycles. The van der Waals surface area contributed by atoms with Gasteiger partial charge in [-0.2, -0.15) is 0 Å². The molecule has 0 heterocycles. The number of carbonyl (C=O) groups is 1. The van der Waals surface area contributed by atoms with Crippen molar-refractivity contribution in [3.05, 3.63) is 28.2 Å². The lowest BCUT2D eigenvalue weighted by Gasteiger charge is -2.16. The molecule has 0 aliphatic carbocycles. The van der Waals surface area contributed by atoms with E-state index in [4.69, 9.17) is 33.7 Å². The van der Waals surface area contributed by atoms with Gasteiger partial charge >= 0.3 is 0 Å². The Hall–Kier alpha value is -0.680. The summed E-state index contributed by atoms with van der Waals surface area (Å²) >= 11 is 11.7. The van der Waals surface area contributed by atoms with Gasteiger partial charge in [-0.25, -0.2) is 0 Å². The van der Waals surface area contributed by atoms with E-state index >= 15 is 0 Å². The number of hydrogen-bond acceptors (Lipinski definition) is 3. The van der Waals surface area contributed by atoms with Crippen molar-refractivity contribution < 1.29 is 9.53 Å². The van der Waals surface area contributed by atoms with Gasteiger partial charge in [-0.3, -0.25) is 4.79 Å². The molecule has 21 heavy (non-hydrogen) atoms. The van der Waals surface area contributed by atoms with Gasteiger partial charge in [-0.15, -0.1) is 12.4 Å². The molecule has 120 valence electrons. The standard InChI is InChI=1S/C14H20Cl2N2O2.ClH/c1-2-3-4-11(8-17)18-14(19)9-20-13-6-5-10(15)7-12(13)16;/h5-7,11H,2-4,8-9,17H2,1H3,(H,18,19);1H.